The second-order valence-corrected chi connectivity index (χ2v) is 6.81. The van der Waals surface area contributed by atoms with E-state index in [1.807, 2.05) is 6.07 Å². The third kappa shape index (κ3) is 3.75. The number of carbonyl (C=O) groups is 1. The summed E-state index contributed by atoms with van der Waals surface area (Å²) < 4.78 is 11.1. The average Bonchev–Trinajstić information content (AvgIpc) is 2.74. The molecular weight excluding hydrogens is 452 g/mol. The average molecular weight is 465 g/mol. The van der Waals surface area contributed by atoms with E-state index in [0.717, 1.165) is 0 Å². The number of H-pyrrole nitrogens is 1. The lowest BCUT2D eigenvalue weighted by atomic mass is 9.96. The van der Waals surface area contributed by atoms with Crippen molar-refractivity contribution in [1.29, 1.82) is 10.5 Å². The number of ether oxygens (including phenoxy) is 2. The Morgan fingerprint density at radius 1 is 1.10 bits per heavy atom. The number of aromatic amines is 1. The van der Waals surface area contributed by atoms with Crippen LogP contribution < -0.4 is 20.8 Å². The van der Waals surface area contributed by atoms with Crippen LogP contribution in [0, 0.1) is 22.7 Å². The molecule has 0 aliphatic heterocycles. The van der Waals surface area contributed by atoms with Gasteiger partial charge in [0, 0.05) is 15.6 Å². The lowest BCUT2D eigenvalue weighted by molar-refractivity contribution is 0.0729. The van der Waals surface area contributed by atoms with Crippen molar-refractivity contribution in [3.8, 4) is 34.8 Å². The van der Waals surface area contributed by atoms with Crippen LogP contribution in [0.4, 0.5) is 5.82 Å². The van der Waals surface area contributed by atoms with Gasteiger partial charge in [-0.05, 0) is 24.3 Å². The number of nitrogens with zero attached hydrogens (tertiary/aromatic N) is 2. The van der Waals surface area contributed by atoms with Gasteiger partial charge in [-0.25, -0.2) is 4.79 Å². The van der Waals surface area contributed by atoms with Crippen molar-refractivity contribution < 1.29 is 14.3 Å². The highest BCUT2D eigenvalue weighted by molar-refractivity contribution is 9.10. The SMILES string of the molecule is COc1cc(-c2c(C#N)c(N)[nH]c(=O)c2C#N)c(Br)cc1OC(=O)c1ccccc1. The van der Waals surface area contributed by atoms with E-state index in [0.29, 0.717) is 15.6 Å². The van der Waals surface area contributed by atoms with E-state index in [1.54, 1.807) is 36.4 Å². The second kappa shape index (κ2) is 8.52. The topological polar surface area (TPSA) is 142 Å². The number of nitrogen functional groups attached to an aromatic ring is 1. The van der Waals surface area contributed by atoms with Crippen LogP contribution in [0.1, 0.15) is 21.5 Å². The summed E-state index contributed by atoms with van der Waals surface area (Å²) in [6.45, 7) is 0. The van der Waals surface area contributed by atoms with E-state index in [1.165, 1.54) is 19.2 Å². The first-order chi connectivity index (χ1) is 14.4. The molecule has 0 spiro atoms. The number of esters is 1. The molecule has 8 nitrogen and oxygen atoms in total. The minimum atomic E-state index is -0.727. The number of hydrogen-bond donors (Lipinski definition) is 2. The molecule has 9 heteroatoms. The first kappa shape index (κ1) is 20.6. The molecule has 3 aromatic rings. The minimum Gasteiger partial charge on any atom is -0.493 e. The molecular formula is C21H13BrN4O4. The highest BCUT2D eigenvalue weighted by Gasteiger charge is 2.23. The van der Waals surface area contributed by atoms with Crippen molar-refractivity contribution in [1.82, 2.24) is 4.98 Å². The molecule has 2 aromatic carbocycles. The number of rotatable bonds is 4. The Labute approximate surface area is 179 Å². The van der Waals surface area contributed by atoms with Gasteiger partial charge in [-0.2, -0.15) is 10.5 Å². The number of halogens is 1. The zero-order valence-electron chi connectivity index (χ0n) is 15.5. The van der Waals surface area contributed by atoms with Gasteiger partial charge in [0.05, 0.1) is 12.7 Å². The number of nitriles is 2. The normalized spacial score (nSPS) is 10.0. The van der Waals surface area contributed by atoms with Crippen LogP contribution in [-0.2, 0) is 0 Å². The third-order valence-electron chi connectivity index (χ3n) is 4.20. The maximum Gasteiger partial charge on any atom is 0.343 e. The van der Waals surface area contributed by atoms with E-state index in [-0.39, 0.29) is 34.0 Å². The van der Waals surface area contributed by atoms with Crippen molar-refractivity contribution in [3.05, 3.63) is 74.0 Å². The fraction of sp³-hybridized carbons (Fsp3) is 0.0476. The van der Waals surface area contributed by atoms with Gasteiger partial charge < -0.3 is 20.2 Å². The number of nitrogens with one attached hydrogen (secondary N) is 1. The fourth-order valence-electron chi connectivity index (χ4n) is 2.81. The minimum absolute atomic E-state index is 0.0485. The monoisotopic (exact) mass is 464 g/mol. The zero-order valence-corrected chi connectivity index (χ0v) is 17.1. The van der Waals surface area contributed by atoms with Crippen molar-refractivity contribution in [3.63, 3.8) is 0 Å². The molecule has 3 N–H and O–H groups in total. The Morgan fingerprint density at radius 3 is 2.37 bits per heavy atom. The molecule has 1 aromatic heterocycles. The molecule has 0 unspecified atom stereocenters. The number of benzene rings is 2. The highest BCUT2D eigenvalue weighted by Crippen LogP contribution is 2.41. The Morgan fingerprint density at radius 2 is 1.77 bits per heavy atom. The van der Waals surface area contributed by atoms with Gasteiger partial charge in [-0.3, -0.25) is 4.79 Å². The van der Waals surface area contributed by atoms with Gasteiger partial charge in [0.1, 0.15) is 29.1 Å². The number of nitrogens with two attached hydrogens (primary N) is 1. The maximum absolute atomic E-state index is 12.4. The largest absolute Gasteiger partial charge is 0.493 e. The van der Waals surface area contributed by atoms with Crippen molar-refractivity contribution in [2.24, 2.45) is 0 Å². The lowest BCUT2D eigenvalue weighted by Gasteiger charge is -2.15. The summed E-state index contributed by atoms with van der Waals surface area (Å²) in [5, 5.41) is 19.0. The Hall–Kier alpha value is -4.08. The van der Waals surface area contributed by atoms with E-state index in [9.17, 15) is 20.1 Å². The van der Waals surface area contributed by atoms with Crippen molar-refractivity contribution in [2.75, 3.05) is 12.8 Å². The Kier molecular flexibility index (Phi) is 5.86. The number of aromatic nitrogens is 1. The van der Waals surface area contributed by atoms with Crippen LogP contribution in [0.15, 0.2) is 51.7 Å². The maximum atomic E-state index is 12.4. The third-order valence-corrected chi connectivity index (χ3v) is 4.86. The summed E-state index contributed by atoms with van der Waals surface area (Å²) in [6.07, 6.45) is 0. The first-order valence-electron chi connectivity index (χ1n) is 8.42. The number of pyridine rings is 1. The van der Waals surface area contributed by atoms with E-state index in [4.69, 9.17) is 15.2 Å². The van der Waals surface area contributed by atoms with Gasteiger partial charge in [-0.15, -0.1) is 0 Å². The van der Waals surface area contributed by atoms with E-state index in [2.05, 4.69) is 20.9 Å². The van der Waals surface area contributed by atoms with Gasteiger partial charge >= 0.3 is 5.97 Å². The molecule has 0 saturated heterocycles. The molecule has 0 radical (unpaired) electrons. The Bertz CT molecular complexity index is 1290. The fourth-order valence-corrected chi connectivity index (χ4v) is 3.33. The molecule has 0 aliphatic carbocycles. The van der Waals surface area contributed by atoms with Gasteiger partial charge in [-0.1, -0.05) is 34.1 Å². The zero-order chi connectivity index (χ0) is 21.8. The number of anilines is 1. The standard InChI is InChI=1S/C21H13BrN4O4/c1-29-16-7-12(18-13(9-23)19(25)26-20(27)14(18)10-24)15(22)8-17(16)30-21(28)11-5-3-2-4-6-11/h2-8H,1H3,(H3,25,26,27). The molecule has 0 aliphatic rings. The number of carbonyl (C=O) groups excluding carboxylic acids is 1. The molecule has 3 rings (SSSR count). The first-order valence-corrected chi connectivity index (χ1v) is 9.21. The van der Waals surface area contributed by atoms with Crippen LogP contribution in [0.25, 0.3) is 11.1 Å². The quantitative estimate of drug-likeness (QED) is 0.444. The molecule has 0 bridgehead atoms. The van der Waals surface area contributed by atoms with E-state index < -0.39 is 11.5 Å². The van der Waals surface area contributed by atoms with Crippen LogP contribution in [0.3, 0.4) is 0 Å². The summed E-state index contributed by atoms with van der Waals surface area (Å²) in [6, 6.07) is 15.0. The van der Waals surface area contributed by atoms with Crippen LogP contribution >= 0.6 is 15.9 Å². The summed E-state index contributed by atoms with van der Waals surface area (Å²) in [5.74, 6) is -0.493. The smallest absolute Gasteiger partial charge is 0.343 e. The second-order valence-electron chi connectivity index (χ2n) is 5.95. The number of hydrogen-bond acceptors (Lipinski definition) is 7. The Balaban J connectivity index is 2.17. The van der Waals surface area contributed by atoms with Gasteiger partial charge in [0.2, 0.25) is 0 Å². The molecule has 0 saturated carbocycles. The summed E-state index contributed by atoms with van der Waals surface area (Å²) in [4.78, 5) is 26.9. The summed E-state index contributed by atoms with van der Waals surface area (Å²) in [7, 11) is 1.37. The molecule has 1 heterocycles. The van der Waals surface area contributed by atoms with Crippen LogP contribution in [-0.4, -0.2) is 18.1 Å². The van der Waals surface area contributed by atoms with Crippen LogP contribution in [0.5, 0.6) is 11.5 Å². The van der Waals surface area contributed by atoms with Crippen molar-refractivity contribution in [2.45, 2.75) is 0 Å². The van der Waals surface area contributed by atoms with E-state index >= 15 is 0 Å². The van der Waals surface area contributed by atoms with Gasteiger partial charge in [0.15, 0.2) is 11.5 Å². The molecule has 0 amide bonds. The van der Waals surface area contributed by atoms with Crippen LogP contribution in [0.2, 0.25) is 0 Å². The molecule has 30 heavy (non-hydrogen) atoms. The molecule has 0 fully saturated rings. The molecule has 148 valence electrons. The highest BCUT2D eigenvalue weighted by atomic mass is 79.9. The molecule has 0 atom stereocenters. The summed E-state index contributed by atoms with van der Waals surface area (Å²) in [5.41, 5.74) is 5.40. The number of methoxy groups -OCH3 is 1. The summed E-state index contributed by atoms with van der Waals surface area (Å²) >= 11 is 3.35. The predicted octanol–water partition coefficient (Wildman–Crippen LogP) is 3.36. The lowest BCUT2D eigenvalue weighted by Crippen LogP contribution is -2.16. The van der Waals surface area contributed by atoms with Crippen molar-refractivity contribution >= 4 is 27.7 Å². The predicted molar refractivity (Wildman–Crippen MR) is 112 cm³/mol. The van der Waals surface area contributed by atoms with Gasteiger partial charge in [0.25, 0.3) is 5.56 Å².